The molecule has 15 rings (SSSR count). The Morgan fingerprint density at radius 3 is 1.90 bits per heavy atom. The van der Waals surface area contributed by atoms with Crippen molar-refractivity contribution in [1.82, 2.24) is 0 Å². The minimum atomic E-state index is -0.400. The summed E-state index contributed by atoms with van der Waals surface area (Å²) in [6.07, 6.45) is 8.78. The standard InChI is InChI=1S/C76H63NO/c1-5-49-43-63(51-24-10-7-11-25-51)46(2)47(3)74(77-75(49)55-38-39-62-70(45-55)78-69-37-21-33-57(72(62)69)50-22-8-6-9-23-50)54-28-20-27-52(42-54)64-44-53-26-12-13-29-56(53)60-40-41-68-73(71(60)48(64)4)61-32-16-19-36-67(61)76(68)65-34-17-14-30-58(65)59-31-15-18-35-66(59)76/h6-37,39-42,45,47-49,55,64,75H,5,38,43-44H2,1-4H3/b63-46-,77-74+. The van der Waals surface area contributed by atoms with Gasteiger partial charge in [-0.05, 0) is 162 Å². The number of nitrogens with zero attached hydrogens (tertiary/aromatic N) is 1. The number of furan rings is 1. The molecule has 0 radical (unpaired) electrons. The van der Waals surface area contributed by atoms with E-state index < -0.39 is 5.41 Å². The summed E-state index contributed by atoms with van der Waals surface area (Å²) in [4.78, 5) is 6.17. The van der Waals surface area contributed by atoms with E-state index in [2.05, 4.69) is 252 Å². The first-order valence-electron chi connectivity index (χ1n) is 28.7. The number of aliphatic imine (C=N–C) groups is 1. The average molecular weight is 1010 g/mol. The molecule has 0 fully saturated rings. The van der Waals surface area contributed by atoms with E-state index in [9.17, 15) is 0 Å². The van der Waals surface area contributed by atoms with E-state index in [4.69, 9.17) is 9.41 Å². The predicted octanol–water partition coefficient (Wildman–Crippen LogP) is 17.5. The van der Waals surface area contributed by atoms with Gasteiger partial charge >= 0.3 is 0 Å². The van der Waals surface area contributed by atoms with Gasteiger partial charge in [0.2, 0.25) is 0 Å². The fourth-order valence-electron chi connectivity index (χ4n) is 15.5. The SMILES string of the molecule is CCC1C/C(c2ccccc2)=C(\C)C(C)/C(c2cccc(C3Cc4ccccc4-c4ccc5c(c4C3C)-c3ccccc3C53c4ccccc4-c4ccccc43)c2)=N\C1C1C=c2oc3cccc(-c4ccccc4)c3c2=CC1. The molecule has 78 heavy (non-hydrogen) atoms. The third-order valence-electron chi connectivity index (χ3n) is 19.3. The number of benzene rings is 9. The van der Waals surface area contributed by atoms with Gasteiger partial charge in [0.05, 0.1) is 11.5 Å². The van der Waals surface area contributed by atoms with E-state index in [1.165, 1.54) is 122 Å². The van der Waals surface area contributed by atoms with Gasteiger partial charge in [-0.3, -0.25) is 4.99 Å². The quantitative estimate of drug-likeness (QED) is 0.163. The van der Waals surface area contributed by atoms with E-state index in [1.807, 2.05) is 0 Å². The number of hydrogen-bond acceptors (Lipinski definition) is 2. The van der Waals surface area contributed by atoms with Crippen LogP contribution < -0.4 is 10.6 Å². The van der Waals surface area contributed by atoms with Crippen LogP contribution in [0.15, 0.2) is 227 Å². The van der Waals surface area contributed by atoms with Crippen molar-refractivity contribution in [2.24, 2.45) is 22.7 Å². The van der Waals surface area contributed by atoms with Crippen LogP contribution in [0.3, 0.4) is 0 Å². The minimum absolute atomic E-state index is 0.0468. The molecule has 1 aromatic heterocycles. The molecule has 0 bridgehead atoms. The van der Waals surface area contributed by atoms with E-state index in [-0.39, 0.29) is 29.7 Å². The lowest BCUT2D eigenvalue weighted by molar-refractivity contribution is 0.354. The van der Waals surface area contributed by atoms with Crippen molar-refractivity contribution < 1.29 is 4.42 Å². The minimum Gasteiger partial charge on any atom is -0.456 e. The maximum atomic E-state index is 6.85. The summed E-state index contributed by atoms with van der Waals surface area (Å²) >= 11 is 0. The zero-order valence-electron chi connectivity index (χ0n) is 45.0. The molecule has 378 valence electrons. The Kier molecular flexibility index (Phi) is 11.1. The van der Waals surface area contributed by atoms with Gasteiger partial charge in [0.1, 0.15) is 11.0 Å². The van der Waals surface area contributed by atoms with Crippen LogP contribution in [0.25, 0.3) is 73.2 Å². The first-order chi connectivity index (χ1) is 38.4. The summed E-state index contributed by atoms with van der Waals surface area (Å²) in [6, 6.07) is 80.2. The zero-order chi connectivity index (χ0) is 52.2. The summed E-state index contributed by atoms with van der Waals surface area (Å²) in [5.74, 6) is 0.994. The first-order valence-corrected chi connectivity index (χ1v) is 28.7. The highest BCUT2D eigenvalue weighted by atomic mass is 16.3. The fraction of sp³-hybridized carbons (Fsp3) is 0.197. The molecule has 4 aliphatic carbocycles. The monoisotopic (exact) mass is 1010 g/mol. The smallest absolute Gasteiger partial charge is 0.136 e. The maximum absolute atomic E-state index is 6.85. The highest BCUT2D eigenvalue weighted by Gasteiger charge is 2.53. The summed E-state index contributed by atoms with van der Waals surface area (Å²) in [6.45, 7) is 9.72. The van der Waals surface area contributed by atoms with Crippen LogP contribution in [0.4, 0.5) is 0 Å². The lowest BCUT2D eigenvalue weighted by Gasteiger charge is -2.35. The second-order valence-corrected chi connectivity index (χ2v) is 23.0. The van der Waals surface area contributed by atoms with Crippen LogP contribution in [0.5, 0.6) is 0 Å². The number of allylic oxidation sites excluding steroid dienone is 2. The first kappa shape index (κ1) is 46.9. The van der Waals surface area contributed by atoms with E-state index in [0.717, 1.165) is 36.7 Å². The van der Waals surface area contributed by atoms with Crippen molar-refractivity contribution in [2.75, 3.05) is 0 Å². The van der Waals surface area contributed by atoms with Gasteiger partial charge in [0.25, 0.3) is 0 Å². The molecule has 1 aliphatic heterocycles. The summed E-state index contributed by atoms with van der Waals surface area (Å²) in [5.41, 5.74) is 28.6. The molecule has 2 nitrogen and oxygen atoms in total. The summed E-state index contributed by atoms with van der Waals surface area (Å²) in [7, 11) is 0. The molecule has 0 amide bonds. The van der Waals surface area contributed by atoms with Crippen molar-refractivity contribution in [2.45, 2.75) is 76.7 Å². The van der Waals surface area contributed by atoms with Crippen molar-refractivity contribution in [3.8, 4) is 44.5 Å². The van der Waals surface area contributed by atoms with Crippen LogP contribution >= 0.6 is 0 Å². The molecule has 2 heteroatoms. The third-order valence-corrected chi connectivity index (χ3v) is 19.3. The zero-order valence-corrected chi connectivity index (χ0v) is 45.0. The number of hydrogen-bond donors (Lipinski definition) is 0. The van der Waals surface area contributed by atoms with E-state index >= 15 is 0 Å². The Morgan fingerprint density at radius 1 is 0.551 bits per heavy atom. The second kappa shape index (κ2) is 18.4. The normalized spacial score (nSPS) is 22.9. The van der Waals surface area contributed by atoms with Gasteiger partial charge in [-0.1, -0.05) is 239 Å². The number of fused-ring (bicyclic) bond motifs is 17. The average Bonchev–Trinajstić information content (AvgIpc) is 3.56. The fourth-order valence-corrected chi connectivity index (χ4v) is 15.5. The van der Waals surface area contributed by atoms with Gasteiger partial charge in [0.15, 0.2) is 0 Å². The predicted molar refractivity (Wildman–Crippen MR) is 324 cm³/mol. The van der Waals surface area contributed by atoms with Gasteiger partial charge in [0, 0.05) is 28.2 Å². The molecule has 6 unspecified atom stereocenters. The number of rotatable bonds is 6. The lowest BCUT2D eigenvalue weighted by atomic mass is 9.69. The van der Waals surface area contributed by atoms with Crippen LogP contribution in [0.2, 0.25) is 0 Å². The van der Waals surface area contributed by atoms with Crippen molar-refractivity contribution in [3.63, 3.8) is 0 Å². The largest absolute Gasteiger partial charge is 0.456 e. The van der Waals surface area contributed by atoms with Crippen LogP contribution in [-0.2, 0) is 11.8 Å². The molecule has 0 N–H and O–H groups in total. The van der Waals surface area contributed by atoms with Gasteiger partial charge in [-0.2, -0.15) is 0 Å². The molecule has 5 aliphatic rings. The molecule has 0 saturated carbocycles. The molecular weight excluding hydrogens is 943 g/mol. The van der Waals surface area contributed by atoms with Crippen LogP contribution in [0.1, 0.15) is 109 Å². The summed E-state index contributed by atoms with van der Waals surface area (Å²) in [5, 5.41) is 2.42. The Hall–Kier alpha value is -8.33. The van der Waals surface area contributed by atoms with Crippen molar-refractivity contribution >= 4 is 34.4 Å². The van der Waals surface area contributed by atoms with Crippen molar-refractivity contribution in [3.05, 3.63) is 279 Å². The van der Waals surface area contributed by atoms with E-state index in [0.29, 0.717) is 5.92 Å². The maximum Gasteiger partial charge on any atom is 0.136 e. The Bertz CT molecular complexity index is 4200. The van der Waals surface area contributed by atoms with E-state index in [1.54, 1.807) is 0 Å². The molecule has 6 atom stereocenters. The topological polar surface area (TPSA) is 25.5 Å². The van der Waals surface area contributed by atoms with Gasteiger partial charge in [-0.25, -0.2) is 0 Å². The highest BCUT2D eigenvalue weighted by Crippen LogP contribution is 2.65. The van der Waals surface area contributed by atoms with Gasteiger partial charge < -0.3 is 4.42 Å². The summed E-state index contributed by atoms with van der Waals surface area (Å²) < 4.78 is 6.85. The Labute approximate surface area is 458 Å². The second-order valence-electron chi connectivity index (χ2n) is 23.0. The lowest BCUT2D eigenvalue weighted by Crippen LogP contribution is -2.36. The van der Waals surface area contributed by atoms with Crippen molar-refractivity contribution in [1.29, 1.82) is 0 Å². The molecule has 10 aromatic rings. The molecule has 1 spiro atoms. The Balaban J connectivity index is 0.892. The molecule has 0 saturated heterocycles. The molecule has 9 aromatic carbocycles. The Morgan fingerprint density at radius 2 is 1.17 bits per heavy atom. The molecule has 2 heterocycles. The highest BCUT2D eigenvalue weighted by molar-refractivity contribution is 6.05. The van der Waals surface area contributed by atoms with Crippen LogP contribution in [-0.4, -0.2) is 11.8 Å². The third kappa shape index (κ3) is 6.97. The van der Waals surface area contributed by atoms with Gasteiger partial charge in [-0.15, -0.1) is 0 Å². The van der Waals surface area contributed by atoms with Crippen LogP contribution in [0, 0.1) is 17.8 Å². The molecular formula is C76H63NO.